The van der Waals surface area contributed by atoms with Crippen molar-refractivity contribution in [2.24, 2.45) is 0 Å². The van der Waals surface area contributed by atoms with Gasteiger partial charge in [-0.05, 0) is 46.9 Å². The van der Waals surface area contributed by atoms with Crippen LogP contribution in [0.5, 0.6) is 0 Å². The maximum absolute atomic E-state index is 4.39. The van der Waals surface area contributed by atoms with Crippen LogP contribution in [0.25, 0.3) is 10.8 Å². The lowest BCUT2D eigenvalue weighted by molar-refractivity contribution is 0.706. The van der Waals surface area contributed by atoms with Crippen molar-refractivity contribution in [3.63, 3.8) is 0 Å². The van der Waals surface area contributed by atoms with Crippen molar-refractivity contribution >= 4 is 38.0 Å². The summed E-state index contributed by atoms with van der Waals surface area (Å²) in [7, 11) is 2.00. The zero-order valence-electron chi connectivity index (χ0n) is 11.4. The highest BCUT2D eigenvalue weighted by Crippen LogP contribution is 2.36. The van der Waals surface area contributed by atoms with Crippen LogP contribution in [0.3, 0.4) is 0 Å². The second kappa shape index (κ2) is 5.64. The summed E-state index contributed by atoms with van der Waals surface area (Å²) in [5.74, 6) is 0. The molecule has 20 heavy (non-hydrogen) atoms. The average Bonchev–Trinajstić information content (AvgIpc) is 2.79. The maximum atomic E-state index is 4.39. The van der Waals surface area contributed by atoms with E-state index in [0.717, 1.165) is 0 Å². The Morgan fingerprint density at radius 3 is 2.75 bits per heavy atom. The fraction of sp³-hybridized carbons (Fsp3) is 0.188. The van der Waals surface area contributed by atoms with Gasteiger partial charge in [-0.2, -0.15) is 0 Å². The Labute approximate surface area is 131 Å². The molecule has 1 atom stereocenters. The Morgan fingerprint density at radius 2 is 2.05 bits per heavy atom. The number of hydrogen-bond donors (Lipinski definition) is 1. The summed E-state index contributed by atoms with van der Waals surface area (Å²) >= 11 is 5.39. The molecule has 1 N–H and O–H groups in total. The van der Waals surface area contributed by atoms with Gasteiger partial charge in [0.1, 0.15) is 0 Å². The van der Waals surface area contributed by atoms with Gasteiger partial charge in [0.2, 0.25) is 0 Å². The third-order valence-corrected chi connectivity index (χ3v) is 5.66. The van der Waals surface area contributed by atoms with Gasteiger partial charge >= 0.3 is 0 Å². The van der Waals surface area contributed by atoms with Crippen LogP contribution in [-0.2, 0) is 0 Å². The number of aromatic nitrogens is 1. The largest absolute Gasteiger partial charge is 0.309 e. The number of fused-ring (bicyclic) bond motifs is 1. The molecule has 0 amide bonds. The summed E-state index contributed by atoms with van der Waals surface area (Å²) in [5.41, 5.74) is 2.50. The number of aryl methyl sites for hydroxylation is 1. The molecule has 0 aliphatic heterocycles. The van der Waals surface area contributed by atoms with Crippen LogP contribution in [0, 0.1) is 6.92 Å². The van der Waals surface area contributed by atoms with E-state index in [2.05, 4.69) is 57.4 Å². The molecule has 4 heteroatoms. The van der Waals surface area contributed by atoms with Crippen LogP contribution in [-0.4, -0.2) is 12.0 Å². The van der Waals surface area contributed by atoms with Crippen LogP contribution in [0.1, 0.15) is 22.0 Å². The van der Waals surface area contributed by atoms with E-state index in [4.69, 9.17) is 0 Å². The Bertz CT molecular complexity index is 726. The fourth-order valence-corrected chi connectivity index (χ4v) is 4.15. The van der Waals surface area contributed by atoms with Crippen molar-refractivity contribution in [2.75, 3.05) is 7.05 Å². The van der Waals surface area contributed by atoms with Crippen LogP contribution in [0.15, 0.2) is 46.5 Å². The van der Waals surface area contributed by atoms with E-state index >= 15 is 0 Å². The van der Waals surface area contributed by atoms with Crippen LogP contribution in [0.4, 0.5) is 0 Å². The number of halogens is 1. The number of nitrogens with zero attached hydrogens (tertiary/aromatic N) is 1. The normalized spacial score (nSPS) is 12.8. The molecular weight excluding hydrogens is 332 g/mol. The third-order valence-electron chi connectivity index (χ3n) is 3.46. The van der Waals surface area contributed by atoms with E-state index in [-0.39, 0.29) is 6.04 Å². The molecule has 0 aliphatic rings. The quantitative estimate of drug-likeness (QED) is 0.744. The predicted octanol–water partition coefficient (Wildman–Crippen LogP) is 4.68. The lowest BCUT2D eigenvalue weighted by Crippen LogP contribution is -2.17. The van der Waals surface area contributed by atoms with E-state index in [0.29, 0.717) is 0 Å². The number of nitrogens with one attached hydrogen (secondary N) is 1. The van der Waals surface area contributed by atoms with Crippen LogP contribution in [0.2, 0.25) is 0 Å². The van der Waals surface area contributed by atoms with E-state index in [1.165, 1.54) is 30.6 Å². The molecule has 0 radical (unpaired) electrons. The highest BCUT2D eigenvalue weighted by molar-refractivity contribution is 9.11. The number of benzene rings is 1. The van der Waals surface area contributed by atoms with Gasteiger partial charge < -0.3 is 5.32 Å². The molecule has 0 saturated heterocycles. The minimum atomic E-state index is 0.170. The predicted molar refractivity (Wildman–Crippen MR) is 89.4 cm³/mol. The van der Waals surface area contributed by atoms with Crippen molar-refractivity contribution < 1.29 is 0 Å². The first-order chi connectivity index (χ1) is 9.70. The lowest BCUT2D eigenvalue weighted by atomic mass is 10.0. The second-order valence-corrected chi connectivity index (χ2v) is 7.18. The molecule has 3 aromatic rings. The Balaban J connectivity index is 2.16. The Hall–Kier alpha value is -1.23. The molecule has 1 aromatic carbocycles. The minimum Gasteiger partial charge on any atom is -0.309 e. The van der Waals surface area contributed by atoms with Crippen molar-refractivity contribution in [2.45, 2.75) is 13.0 Å². The standard InChI is InChI=1S/C16H15BrN2S/c1-10-7-14(20-16(10)17)15(18-2)13-9-19-8-11-5-3-4-6-12(11)13/h3-9,15,18H,1-2H3. The highest BCUT2D eigenvalue weighted by atomic mass is 79.9. The monoisotopic (exact) mass is 346 g/mol. The first-order valence-electron chi connectivity index (χ1n) is 6.46. The molecule has 3 rings (SSSR count). The molecule has 2 heterocycles. The first-order valence-corrected chi connectivity index (χ1v) is 8.07. The molecule has 0 aliphatic carbocycles. The van der Waals surface area contributed by atoms with Gasteiger partial charge in [0.05, 0.1) is 9.83 Å². The summed E-state index contributed by atoms with van der Waals surface area (Å²) < 4.78 is 1.20. The minimum absolute atomic E-state index is 0.170. The number of thiophene rings is 1. The summed E-state index contributed by atoms with van der Waals surface area (Å²) in [6.07, 6.45) is 3.88. The molecule has 0 saturated carbocycles. The van der Waals surface area contributed by atoms with Crippen LogP contribution < -0.4 is 5.32 Å². The van der Waals surface area contributed by atoms with E-state index in [9.17, 15) is 0 Å². The number of rotatable bonds is 3. The first kappa shape index (κ1) is 13.7. The zero-order chi connectivity index (χ0) is 14.1. The Morgan fingerprint density at radius 1 is 1.25 bits per heavy atom. The topological polar surface area (TPSA) is 24.9 Å². The summed E-state index contributed by atoms with van der Waals surface area (Å²) in [6.45, 7) is 2.12. The molecule has 2 aromatic heterocycles. The van der Waals surface area contributed by atoms with E-state index < -0.39 is 0 Å². The van der Waals surface area contributed by atoms with Gasteiger partial charge in [0, 0.05) is 28.2 Å². The molecule has 0 bridgehead atoms. The lowest BCUT2D eigenvalue weighted by Gasteiger charge is -2.16. The van der Waals surface area contributed by atoms with Crippen molar-refractivity contribution in [3.05, 3.63) is 62.5 Å². The number of pyridine rings is 1. The Kier molecular flexibility index (Phi) is 3.87. The molecule has 2 nitrogen and oxygen atoms in total. The van der Waals surface area contributed by atoms with Crippen molar-refractivity contribution in [1.82, 2.24) is 10.3 Å². The SMILES string of the molecule is CNC(c1cc(C)c(Br)s1)c1cncc2ccccc12. The maximum Gasteiger partial charge on any atom is 0.0731 e. The summed E-state index contributed by atoms with van der Waals surface area (Å²) in [6, 6.07) is 10.8. The van der Waals surface area contributed by atoms with Gasteiger partial charge in [-0.15, -0.1) is 11.3 Å². The van der Waals surface area contributed by atoms with Gasteiger partial charge in [0.25, 0.3) is 0 Å². The molecule has 102 valence electrons. The molecular formula is C16H15BrN2S. The smallest absolute Gasteiger partial charge is 0.0731 e. The van der Waals surface area contributed by atoms with Gasteiger partial charge in [-0.25, -0.2) is 0 Å². The van der Waals surface area contributed by atoms with Crippen molar-refractivity contribution in [3.8, 4) is 0 Å². The summed E-state index contributed by atoms with van der Waals surface area (Å²) in [4.78, 5) is 5.69. The third kappa shape index (κ3) is 2.39. The molecule has 0 spiro atoms. The van der Waals surface area contributed by atoms with E-state index in [1.54, 1.807) is 11.3 Å². The number of hydrogen-bond acceptors (Lipinski definition) is 3. The van der Waals surface area contributed by atoms with E-state index in [1.807, 2.05) is 25.5 Å². The average molecular weight is 347 g/mol. The highest BCUT2D eigenvalue weighted by Gasteiger charge is 2.18. The summed E-state index contributed by atoms with van der Waals surface area (Å²) in [5, 5.41) is 5.85. The molecule has 0 fully saturated rings. The molecule has 1 unspecified atom stereocenters. The van der Waals surface area contributed by atoms with Gasteiger partial charge in [-0.3, -0.25) is 4.98 Å². The van der Waals surface area contributed by atoms with Crippen LogP contribution >= 0.6 is 27.3 Å². The zero-order valence-corrected chi connectivity index (χ0v) is 13.8. The van der Waals surface area contributed by atoms with Gasteiger partial charge in [0.15, 0.2) is 0 Å². The second-order valence-electron chi connectivity index (χ2n) is 4.78. The fourth-order valence-electron chi connectivity index (χ4n) is 2.45. The van der Waals surface area contributed by atoms with Crippen molar-refractivity contribution in [1.29, 1.82) is 0 Å². The van der Waals surface area contributed by atoms with Gasteiger partial charge in [-0.1, -0.05) is 24.3 Å².